The van der Waals surface area contributed by atoms with Crippen molar-refractivity contribution in [3.05, 3.63) is 29.8 Å². The van der Waals surface area contributed by atoms with Crippen molar-refractivity contribution >= 4 is 27.8 Å². The van der Waals surface area contributed by atoms with E-state index in [9.17, 15) is 9.59 Å². The molecule has 0 spiro atoms. The highest BCUT2D eigenvalue weighted by Gasteiger charge is 2.59. The number of esters is 1. The van der Waals surface area contributed by atoms with Crippen molar-refractivity contribution in [2.75, 3.05) is 13.7 Å². The fourth-order valence-electron chi connectivity index (χ4n) is 6.22. The van der Waals surface area contributed by atoms with Gasteiger partial charge < -0.3 is 14.8 Å². The highest BCUT2D eigenvalue weighted by molar-refractivity contribution is 9.10. The summed E-state index contributed by atoms with van der Waals surface area (Å²) in [6, 6.07) is 7.14. The monoisotopic (exact) mass is 463 g/mol. The van der Waals surface area contributed by atoms with Crippen LogP contribution < -0.4 is 10.1 Å². The Morgan fingerprint density at radius 3 is 2.59 bits per heavy atom. The quantitative estimate of drug-likeness (QED) is 0.476. The van der Waals surface area contributed by atoms with Gasteiger partial charge in [-0.2, -0.15) is 0 Å². The third-order valence-electron chi connectivity index (χ3n) is 6.95. The van der Waals surface area contributed by atoms with E-state index in [0.29, 0.717) is 24.2 Å². The summed E-state index contributed by atoms with van der Waals surface area (Å²) in [4.78, 5) is 25.9. The Morgan fingerprint density at radius 1 is 1.24 bits per heavy atom. The number of hydrogen-bond donors (Lipinski definition) is 1. The standard InChI is InChI=1S/C23H30BrNO4/c1-3-29-20(26)9-19(17-5-4-6-18(8-17)28-2)25-21(27)22-10-15-7-16(11-22)13-23(24,12-15)14-22/h4-6,8,15-16,19H,3,7,9-14H2,1-2H3,(H,25,27). The largest absolute Gasteiger partial charge is 0.497 e. The average Bonchev–Trinajstić information content (AvgIpc) is 2.65. The molecular weight excluding hydrogens is 434 g/mol. The molecule has 3 unspecified atom stereocenters. The van der Waals surface area contributed by atoms with Gasteiger partial charge in [0.15, 0.2) is 0 Å². The Kier molecular flexibility index (Phi) is 5.66. The number of nitrogens with one attached hydrogen (secondary N) is 1. The van der Waals surface area contributed by atoms with Gasteiger partial charge in [0, 0.05) is 4.32 Å². The molecule has 0 aromatic heterocycles. The van der Waals surface area contributed by atoms with Crippen LogP contribution in [0.15, 0.2) is 24.3 Å². The molecule has 4 bridgehead atoms. The zero-order valence-electron chi connectivity index (χ0n) is 17.2. The van der Waals surface area contributed by atoms with Crippen LogP contribution in [0.1, 0.15) is 63.5 Å². The number of carbonyl (C=O) groups is 2. The number of rotatable bonds is 7. The van der Waals surface area contributed by atoms with Gasteiger partial charge >= 0.3 is 5.97 Å². The number of methoxy groups -OCH3 is 1. The third-order valence-corrected chi connectivity index (χ3v) is 7.88. The number of amides is 1. The summed E-state index contributed by atoms with van der Waals surface area (Å²) in [6.07, 6.45) is 6.56. The number of carbonyl (C=O) groups excluding carboxylic acids is 2. The smallest absolute Gasteiger partial charge is 0.308 e. The maximum atomic E-state index is 13.6. The van der Waals surface area contributed by atoms with Crippen LogP contribution in [-0.2, 0) is 14.3 Å². The fourth-order valence-corrected chi connectivity index (χ4v) is 7.68. The zero-order chi connectivity index (χ0) is 20.6. The fraction of sp³-hybridized carbons (Fsp3) is 0.652. The number of halogens is 1. The molecule has 4 aliphatic rings. The number of alkyl halides is 1. The van der Waals surface area contributed by atoms with E-state index >= 15 is 0 Å². The lowest BCUT2D eigenvalue weighted by Crippen LogP contribution is -2.58. The van der Waals surface area contributed by atoms with Gasteiger partial charge in [0.05, 0.1) is 31.6 Å². The van der Waals surface area contributed by atoms with Crippen molar-refractivity contribution in [3.63, 3.8) is 0 Å². The van der Waals surface area contributed by atoms with Gasteiger partial charge in [0.25, 0.3) is 0 Å². The van der Waals surface area contributed by atoms with Crippen molar-refractivity contribution in [1.29, 1.82) is 0 Å². The van der Waals surface area contributed by atoms with Gasteiger partial charge in [-0.3, -0.25) is 9.59 Å². The zero-order valence-corrected chi connectivity index (χ0v) is 18.8. The highest BCUT2D eigenvalue weighted by Crippen LogP contribution is 2.64. The molecule has 0 radical (unpaired) electrons. The van der Waals surface area contributed by atoms with Crippen LogP contribution in [0.5, 0.6) is 5.75 Å². The van der Waals surface area contributed by atoms with Crippen LogP contribution in [0.4, 0.5) is 0 Å². The van der Waals surface area contributed by atoms with Crippen LogP contribution in [0, 0.1) is 17.3 Å². The molecule has 1 aromatic carbocycles. The predicted octanol–water partition coefficient (Wildman–Crippen LogP) is 4.54. The Bertz CT molecular complexity index is 781. The van der Waals surface area contributed by atoms with Crippen LogP contribution >= 0.6 is 15.9 Å². The van der Waals surface area contributed by atoms with E-state index in [1.807, 2.05) is 24.3 Å². The molecule has 0 aliphatic heterocycles. The molecule has 5 nitrogen and oxygen atoms in total. The molecule has 3 atom stereocenters. The van der Waals surface area contributed by atoms with Crippen LogP contribution in [-0.4, -0.2) is 29.9 Å². The topological polar surface area (TPSA) is 64.6 Å². The lowest BCUT2D eigenvalue weighted by molar-refractivity contribution is -0.147. The van der Waals surface area contributed by atoms with E-state index in [2.05, 4.69) is 21.2 Å². The SMILES string of the molecule is CCOC(=O)CC(NC(=O)C12CC3CC(CC(Br)(C3)C1)C2)c1cccc(OC)c1. The maximum absolute atomic E-state index is 13.6. The number of benzene rings is 1. The minimum absolute atomic E-state index is 0.0903. The van der Waals surface area contributed by atoms with E-state index in [-0.39, 0.29) is 28.0 Å². The first kappa shape index (κ1) is 20.7. The van der Waals surface area contributed by atoms with E-state index in [1.54, 1.807) is 14.0 Å². The van der Waals surface area contributed by atoms with Gasteiger partial charge in [-0.25, -0.2) is 0 Å². The summed E-state index contributed by atoms with van der Waals surface area (Å²) >= 11 is 3.98. The summed E-state index contributed by atoms with van der Waals surface area (Å²) in [6.45, 7) is 2.12. The van der Waals surface area contributed by atoms with E-state index < -0.39 is 6.04 Å². The van der Waals surface area contributed by atoms with Crippen LogP contribution in [0.3, 0.4) is 0 Å². The van der Waals surface area contributed by atoms with Crippen molar-refractivity contribution in [1.82, 2.24) is 5.32 Å². The van der Waals surface area contributed by atoms with E-state index in [4.69, 9.17) is 9.47 Å². The summed E-state index contributed by atoms with van der Waals surface area (Å²) in [5, 5.41) is 3.23. The molecule has 1 N–H and O–H groups in total. The molecule has 6 heteroatoms. The van der Waals surface area contributed by atoms with Gasteiger partial charge in [-0.15, -0.1) is 0 Å². The normalized spacial score (nSPS) is 33.2. The maximum Gasteiger partial charge on any atom is 0.308 e. The predicted molar refractivity (Wildman–Crippen MR) is 114 cm³/mol. The molecule has 4 saturated carbocycles. The first-order valence-corrected chi connectivity index (χ1v) is 11.4. The molecule has 0 saturated heterocycles. The number of hydrogen-bond acceptors (Lipinski definition) is 4. The molecular formula is C23H30BrNO4. The highest BCUT2D eigenvalue weighted by atomic mass is 79.9. The second-order valence-corrected chi connectivity index (χ2v) is 10.9. The lowest BCUT2D eigenvalue weighted by atomic mass is 9.49. The van der Waals surface area contributed by atoms with Crippen molar-refractivity contribution in [2.24, 2.45) is 17.3 Å². The molecule has 29 heavy (non-hydrogen) atoms. The van der Waals surface area contributed by atoms with Crippen molar-refractivity contribution in [2.45, 2.75) is 62.2 Å². The Balaban J connectivity index is 1.57. The molecule has 0 heterocycles. The summed E-state index contributed by atoms with van der Waals surface area (Å²) in [5.41, 5.74) is 0.545. The Labute approximate surface area is 181 Å². The first-order valence-electron chi connectivity index (χ1n) is 10.6. The van der Waals surface area contributed by atoms with Gasteiger partial charge in [-0.1, -0.05) is 28.1 Å². The first-order chi connectivity index (χ1) is 13.8. The van der Waals surface area contributed by atoms with Crippen LogP contribution in [0.2, 0.25) is 0 Å². The van der Waals surface area contributed by atoms with E-state index in [1.165, 1.54) is 19.3 Å². The van der Waals surface area contributed by atoms with Gasteiger partial charge in [0.2, 0.25) is 5.91 Å². The molecule has 4 aliphatic carbocycles. The Hall–Kier alpha value is -1.56. The van der Waals surface area contributed by atoms with E-state index in [0.717, 1.165) is 24.8 Å². The minimum Gasteiger partial charge on any atom is -0.497 e. The van der Waals surface area contributed by atoms with Gasteiger partial charge in [-0.05, 0) is 75.0 Å². The van der Waals surface area contributed by atoms with Crippen LogP contribution in [0.25, 0.3) is 0 Å². The van der Waals surface area contributed by atoms with Crippen molar-refractivity contribution in [3.8, 4) is 5.75 Å². The van der Waals surface area contributed by atoms with Gasteiger partial charge in [0.1, 0.15) is 5.75 Å². The summed E-state index contributed by atoms with van der Waals surface area (Å²) < 4.78 is 10.6. The molecule has 158 valence electrons. The summed E-state index contributed by atoms with van der Waals surface area (Å²) in [5.74, 6) is 1.75. The van der Waals surface area contributed by atoms with Crippen molar-refractivity contribution < 1.29 is 19.1 Å². The molecule has 1 amide bonds. The second kappa shape index (κ2) is 7.93. The molecule has 5 rings (SSSR count). The number of ether oxygens (including phenoxy) is 2. The molecule has 1 aromatic rings. The third kappa shape index (κ3) is 4.18. The Morgan fingerprint density at radius 2 is 1.97 bits per heavy atom. The average molecular weight is 464 g/mol. The second-order valence-electron chi connectivity index (χ2n) is 9.20. The minimum atomic E-state index is -0.420. The summed E-state index contributed by atoms with van der Waals surface area (Å²) in [7, 11) is 1.61. The lowest BCUT2D eigenvalue weighted by Gasteiger charge is -2.59. The molecule has 4 fully saturated rings.